The molecular weight excluding hydrogens is 278 g/mol. The quantitative estimate of drug-likeness (QED) is 0.788. The maximum absolute atomic E-state index is 4.41. The molecule has 4 heteroatoms. The van der Waals surface area contributed by atoms with Crippen molar-refractivity contribution in [2.75, 3.05) is 12.3 Å². The van der Waals surface area contributed by atoms with Gasteiger partial charge in [0.2, 0.25) is 0 Å². The van der Waals surface area contributed by atoms with Crippen LogP contribution >= 0.6 is 11.8 Å². The van der Waals surface area contributed by atoms with Crippen LogP contribution in [-0.4, -0.2) is 22.1 Å². The van der Waals surface area contributed by atoms with Gasteiger partial charge in [0.15, 0.2) is 0 Å². The second kappa shape index (κ2) is 7.66. The van der Waals surface area contributed by atoms with Crippen LogP contribution in [0.15, 0.2) is 35.4 Å². The van der Waals surface area contributed by atoms with Gasteiger partial charge in [0.25, 0.3) is 0 Å². The summed E-state index contributed by atoms with van der Waals surface area (Å²) in [6.07, 6.45) is 1.15. The molecule has 21 heavy (non-hydrogen) atoms. The molecule has 0 saturated carbocycles. The summed E-state index contributed by atoms with van der Waals surface area (Å²) in [6.45, 7) is 7.42. The molecule has 0 fully saturated rings. The monoisotopic (exact) mass is 303 g/mol. The minimum atomic E-state index is 0.380. The third kappa shape index (κ3) is 4.61. The van der Waals surface area contributed by atoms with Crippen molar-refractivity contribution in [2.24, 2.45) is 7.05 Å². The fourth-order valence-electron chi connectivity index (χ4n) is 2.28. The molecule has 1 heterocycles. The Hall–Kier alpha value is -1.26. The normalized spacial score (nSPS) is 12.6. The van der Waals surface area contributed by atoms with E-state index >= 15 is 0 Å². The minimum Gasteiger partial charge on any atom is -0.309 e. The van der Waals surface area contributed by atoms with Gasteiger partial charge in [0.05, 0.1) is 10.7 Å². The number of hydrogen-bond donors (Lipinski definition) is 1. The van der Waals surface area contributed by atoms with Crippen molar-refractivity contribution in [3.8, 4) is 0 Å². The molecule has 1 unspecified atom stereocenters. The number of rotatable bonds is 7. The van der Waals surface area contributed by atoms with E-state index in [1.165, 1.54) is 16.2 Å². The Kier molecular flexibility index (Phi) is 5.88. The van der Waals surface area contributed by atoms with Crippen molar-refractivity contribution in [2.45, 2.75) is 38.3 Å². The molecular formula is C17H25N3S. The SMILES string of the molecule is CCCNC(CSc1cc(C)nn1C)c1ccc(C)cc1. The summed E-state index contributed by atoms with van der Waals surface area (Å²) >= 11 is 1.86. The summed E-state index contributed by atoms with van der Waals surface area (Å²) in [5.74, 6) is 1.02. The molecule has 0 aliphatic heterocycles. The Morgan fingerprint density at radius 3 is 2.52 bits per heavy atom. The Balaban J connectivity index is 2.05. The molecule has 1 aromatic carbocycles. The second-order valence-corrected chi connectivity index (χ2v) is 6.52. The van der Waals surface area contributed by atoms with E-state index in [-0.39, 0.29) is 0 Å². The van der Waals surface area contributed by atoms with Gasteiger partial charge in [-0.25, -0.2) is 0 Å². The summed E-state index contributed by atoms with van der Waals surface area (Å²) in [5, 5.41) is 9.29. The Morgan fingerprint density at radius 1 is 1.24 bits per heavy atom. The lowest BCUT2D eigenvalue weighted by Gasteiger charge is -2.19. The molecule has 0 bridgehead atoms. The van der Waals surface area contributed by atoms with E-state index in [1.807, 2.05) is 30.4 Å². The standard InChI is InChI=1S/C17H25N3S/c1-5-10-18-16(15-8-6-13(2)7-9-15)12-21-17-11-14(3)19-20(17)4/h6-9,11,16,18H,5,10,12H2,1-4H3. The third-order valence-electron chi connectivity index (χ3n) is 3.48. The molecule has 0 saturated heterocycles. The molecule has 0 aliphatic carbocycles. The molecule has 1 atom stereocenters. The molecule has 3 nitrogen and oxygen atoms in total. The van der Waals surface area contributed by atoms with Gasteiger partial charge in [-0.3, -0.25) is 4.68 Å². The van der Waals surface area contributed by atoms with E-state index in [0.29, 0.717) is 6.04 Å². The van der Waals surface area contributed by atoms with E-state index in [9.17, 15) is 0 Å². The van der Waals surface area contributed by atoms with Crippen LogP contribution in [0.4, 0.5) is 0 Å². The van der Waals surface area contributed by atoms with Crippen molar-refractivity contribution in [1.29, 1.82) is 0 Å². The summed E-state index contributed by atoms with van der Waals surface area (Å²) in [4.78, 5) is 0. The first-order valence-corrected chi connectivity index (χ1v) is 8.52. The van der Waals surface area contributed by atoms with Gasteiger partial charge in [-0.1, -0.05) is 36.8 Å². The van der Waals surface area contributed by atoms with Gasteiger partial charge in [0.1, 0.15) is 0 Å². The molecule has 0 spiro atoms. The zero-order chi connectivity index (χ0) is 15.2. The molecule has 0 radical (unpaired) electrons. The van der Waals surface area contributed by atoms with E-state index in [4.69, 9.17) is 0 Å². The van der Waals surface area contributed by atoms with E-state index in [0.717, 1.165) is 24.4 Å². The predicted molar refractivity (Wildman–Crippen MR) is 90.9 cm³/mol. The fraction of sp³-hybridized carbons (Fsp3) is 0.471. The highest BCUT2D eigenvalue weighted by atomic mass is 32.2. The Morgan fingerprint density at radius 2 is 1.95 bits per heavy atom. The summed E-state index contributed by atoms with van der Waals surface area (Å²) in [5.41, 5.74) is 3.75. The molecule has 0 amide bonds. The number of hydrogen-bond acceptors (Lipinski definition) is 3. The number of nitrogens with one attached hydrogen (secondary N) is 1. The van der Waals surface area contributed by atoms with Crippen molar-refractivity contribution < 1.29 is 0 Å². The fourth-order valence-corrected chi connectivity index (χ4v) is 3.41. The van der Waals surface area contributed by atoms with E-state index in [1.54, 1.807) is 0 Å². The van der Waals surface area contributed by atoms with Crippen LogP contribution in [-0.2, 0) is 7.05 Å². The molecule has 1 aromatic heterocycles. The zero-order valence-corrected chi connectivity index (χ0v) is 14.2. The molecule has 2 aromatic rings. The van der Waals surface area contributed by atoms with Gasteiger partial charge in [-0.05, 0) is 38.4 Å². The smallest absolute Gasteiger partial charge is 0.0939 e. The maximum Gasteiger partial charge on any atom is 0.0939 e. The molecule has 114 valence electrons. The molecule has 2 rings (SSSR count). The van der Waals surface area contributed by atoms with Crippen LogP contribution in [0.2, 0.25) is 0 Å². The molecule has 1 N–H and O–H groups in total. The third-order valence-corrected chi connectivity index (χ3v) is 4.66. The van der Waals surface area contributed by atoms with Crippen LogP contribution in [0.3, 0.4) is 0 Å². The lowest BCUT2D eigenvalue weighted by atomic mass is 10.1. The zero-order valence-electron chi connectivity index (χ0n) is 13.4. The minimum absolute atomic E-state index is 0.380. The van der Waals surface area contributed by atoms with Gasteiger partial charge < -0.3 is 5.32 Å². The van der Waals surface area contributed by atoms with Crippen molar-refractivity contribution >= 4 is 11.8 Å². The number of nitrogens with zero attached hydrogens (tertiary/aromatic N) is 2. The van der Waals surface area contributed by atoms with Crippen LogP contribution in [0, 0.1) is 13.8 Å². The van der Waals surface area contributed by atoms with Crippen molar-refractivity contribution in [1.82, 2.24) is 15.1 Å². The Bertz CT molecular complexity index is 560. The first kappa shape index (κ1) is 16.1. The number of aryl methyl sites for hydroxylation is 3. The van der Waals surface area contributed by atoms with E-state index in [2.05, 4.69) is 54.6 Å². The summed E-state index contributed by atoms with van der Waals surface area (Å²) in [7, 11) is 2.01. The number of thioether (sulfide) groups is 1. The van der Waals surface area contributed by atoms with Gasteiger partial charge >= 0.3 is 0 Å². The van der Waals surface area contributed by atoms with Crippen LogP contribution in [0.5, 0.6) is 0 Å². The van der Waals surface area contributed by atoms with Crippen LogP contribution < -0.4 is 5.32 Å². The topological polar surface area (TPSA) is 29.9 Å². The predicted octanol–water partition coefficient (Wildman–Crippen LogP) is 3.87. The van der Waals surface area contributed by atoms with E-state index < -0.39 is 0 Å². The maximum atomic E-state index is 4.41. The van der Waals surface area contributed by atoms with Crippen LogP contribution in [0.25, 0.3) is 0 Å². The average Bonchev–Trinajstić information content (AvgIpc) is 2.78. The lowest BCUT2D eigenvalue weighted by molar-refractivity contribution is 0.576. The average molecular weight is 303 g/mol. The van der Waals surface area contributed by atoms with Crippen LogP contribution in [0.1, 0.15) is 36.2 Å². The van der Waals surface area contributed by atoms with Gasteiger partial charge in [0, 0.05) is 18.8 Å². The highest BCUT2D eigenvalue weighted by Crippen LogP contribution is 2.25. The number of benzene rings is 1. The number of aromatic nitrogens is 2. The van der Waals surface area contributed by atoms with Crippen molar-refractivity contribution in [3.63, 3.8) is 0 Å². The highest BCUT2D eigenvalue weighted by molar-refractivity contribution is 7.99. The summed E-state index contributed by atoms with van der Waals surface area (Å²) in [6, 6.07) is 11.4. The lowest BCUT2D eigenvalue weighted by Crippen LogP contribution is -2.24. The summed E-state index contributed by atoms with van der Waals surface area (Å²) < 4.78 is 1.96. The van der Waals surface area contributed by atoms with Crippen molar-refractivity contribution in [3.05, 3.63) is 47.2 Å². The largest absolute Gasteiger partial charge is 0.309 e. The van der Waals surface area contributed by atoms with Gasteiger partial charge in [-0.2, -0.15) is 5.10 Å². The molecule has 0 aliphatic rings. The van der Waals surface area contributed by atoms with Gasteiger partial charge in [-0.15, -0.1) is 11.8 Å². The first-order chi connectivity index (χ1) is 10.1. The highest BCUT2D eigenvalue weighted by Gasteiger charge is 2.12. The second-order valence-electron chi connectivity index (χ2n) is 5.48. The first-order valence-electron chi connectivity index (χ1n) is 7.53. The Labute approximate surface area is 132 Å².